The maximum atomic E-state index is 12.7. The summed E-state index contributed by atoms with van der Waals surface area (Å²) in [6.07, 6.45) is -4.08. The van der Waals surface area contributed by atoms with Gasteiger partial charge in [0.05, 0.1) is 22.7 Å². The van der Waals surface area contributed by atoms with Crippen LogP contribution in [0.2, 0.25) is 0 Å². The number of nitrogens with zero attached hydrogens (tertiary/aromatic N) is 4. The zero-order valence-corrected chi connectivity index (χ0v) is 25.3. The number of carbonyl (C=O) groups is 6. The molecule has 0 radical (unpaired) electrons. The van der Waals surface area contributed by atoms with E-state index >= 15 is 0 Å². The summed E-state index contributed by atoms with van der Waals surface area (Å²) in [5.41, 5.74) is -5.49. The molecule has 2 fully saturated rings. The number of nitro benzene ring substituents is 2. The van der Waals surface area contributed by atoms with Crippen LogP contribution in [-0.2, 0) is 49.0 Å². The van der Waals surface area contributed by atoms with Gasteiger partial charge in [-0.2, -0.15) is 25.6 Å². The zero-order valence-electron chi connectivity index (χ0n) is 23.6. The molecule has 3 rings (SSSR count). The maximum absolute atomic E-state index is 12.7. The van der Waals surface area contributed by atoms with Crippen molar-refractivity contribution in [2.24, 2.45) is 0 Å². The SMILES string of the molecule is O=C(O)CCCCCC(C(=O)O)(N1C(=O)CC(S(=O)(=O)O)C1=O)N1C(=O)CC(S(=O)(=O)O)C1=O.O=[N+]([O-])c1cc([N+](=O)[O-])c(F)cc1F. The molecule has 0 saturated carbocycles. The van der Waals surface area contributed by atoms with Gasteiger partial charge in [-0.05, 0) is 12.8 Å². The van der Waals surface area contributed by atoms with Crippen LogP contribution in [0.15, 0.2) is 12.1 Å². The molecule has 0 aliphatic carbocycles. The normalized spacial score (nSPS) is 19.5. The number of nitro groups is 2. The number of carboxylic acids is 2. The molecule has 4 amide bonds. The number of benzene rings is 1. The van der Waals surface area contributed by atoms with E-state index in [1.54, 1.807) is 0 Å². The number of halogens is 2. The fourth-order valence-electron chi connectivity index (χ4n) is 4.70. The second-order valence-electron chi connectivity index (χ2n) is 9.90. The van der Waals surface area contributed by atoms with Crippen LogP contribution in [0.4, 0.5) is 20.2 Å². The largest absolute Gasteiger partial charge is 0.481 e. The van der Waals surface area contributed by atoms with Crippen LogP contribution >= 0.6 is 0 Å². The first kappa shape index (κ1) is 39.1. The van der Waals surface area contributed by atoms with Crippen LogP contribution in [0, 0.1) is 31.9 Å². The monoisotopic (exact) mass is 732 g/mol. The Morgan fingerprint density at radius 3 is 1.48 bits per heavy atom. The van der Waals surface area contributed by atoms with Gasteiger partial charge in [-0.25, -0.2) is 14.6 Å². The first-order chi connectivity index (χ1) is 21.9. The minimum absolute atomic E-state index is 0.0178. The van der Waals surface area contributed by atoms with Crippen molar-refractivity contribution in [2.75, 3.05) is 0 Å². The average Bonchev–Trinajstić information content (AvgIpc) is 3.41. The second-order valence-corrected chi connectivity index (χ2v) is 13.1. The Hall–Kier alpha value is -5.08. The standard InChI is InChI=1S/C16H20N2O14S2.C6H2F2N2O4/c19-10-6-8(33(27,28)29)13(23)17(10)16(15(25)26,5-3-1-2-4-12(21)22)18-11(20)7-9(14(18)24)34(30,31)32;7-3-1-4(8)6(10(13)14)2-5(3)9(11)12/h8-9H,1-7H2,(H,21,22)(H,25,26)(H,27,28,29)(H,30,31,32);1-2H. The fourth-order valence-corrected chi connectivity index (χ4v) is 6.13. The molecule has 264 valence electrons. The molecule has 48 heavy (non-hydrogen) atoms. The average molecular weight is 733 g/mol. The lowest BCUT2D eigenvalue weighted by molar-refractivity contribution is -0.397. The van der Waals surface area contributed by atoms with Crippen molar-refractivity contribution < 1.29 is 83.5 Å². The zero-order chi connectivity index (χ0) is 37.1. The lowest BCUT2D eigenvalue weighted by Crippen LogP contribution is -2.69. The molecular weight excluding hydrogens is 710 g/mol. The molecule has 26 heteroatoms. The van der Waals surface area contributed by atoms with E-state index in [9.17, 15) is 88.8 Å². The number of amides is 4. The maximum Gasteiger partial charge on any atom is 0.351 e. The number of carboxylic acid groups (broad SMARTS) is 2. The van der Waals surface area contributed by atoms with Crippen LogP contribution in [0.1, 0.15) is 44.9 Å². The topological polar surface area (TPSA) is 344 Å². The molecule has 1 aromatic carbocycles. The van der Waals surface area contributed by atoms with E-state index in [-0.39, 0.29) is 47.6 Å². The third-order valence-corrected chi connectivity index (χ3v) is 9.01. The van der Waals surface area contributed by atoms with Crippen LogP contribution in [-0.4, -0.2) is 108 Å². The molecule has 0 bridgehead atoms. The van der Waals surface area contributed by atoms with Gasteiger partial charge < -0.3 is 10.2 Å². The summed E-state index contributed by atoms with van der Waals surface area (Å²) in [6.45, 7) is 0. The van der Waals surface area contributed by atoms with Crippen LogP contribution in [0.25, 0.3) is 0 Å². The van der Waals surface area contributed by atoms with Gasteiger partial charge >= 0.3 is 23.3 Å². The molecule has 2 heterocycles. The minimum atomic E-state index is -5.22. The predicted octanol–water partition coefficient (Wildman–Crippen LogP) is -0.386. The minimum Gasteiger partial charge on any atom is -0.481 e. The number of hydrogen-bond acceptors (Lipinski definition) is 14. The van der Waals surface area contributed by atoms with Crippen molar-refractivity contribution in [2.45, 2.75) is 61.1 Å². The summed E-state index contributed by atoms with van der Waals surface area (Å²) in [5.74, 6) is -12.8. The molecular formula is C22H22F2N4O18S2. The number of rotatable bonds is 13. The summed E-state index contributed by atoms with van der Waals surface area (Å²) < 4.78 is 89.9. The number of carbonyl (C=O) groups excluding carboxylic acids is 4. The van der Waals surface area contributed by atoms with Crippen LogP contribution in [0.3, 0.4) is 0 Å². The van der Waals surface area contributed by atoms with Crippen molar-refractivity contribution in [1.29, 1.82) is 0 Å². The predicted molar refractivity (Wildman–Crippen MR) is 144 cm³/mol. The summed E-state index contributed by atoms with van der Waals surface area (Å²) >= 11 is 0. The highest BCUT2D eigenvalue weighted by molar-refractivity contribution is 7.87. The molecule has 2 aliphatic rings. The molecule has 0 spiro atoms. The highest BCUT2D eigenvalue weighted by Gasteiger charge is 2.66. The van der Waals surface area contributed by atoms with E-state index in [1.807, 2.05) is 0 Å². The molecule has 2 atom stereocenters. The van der Waals surface area contributed by atoms with Crippen LogP contribution < -0.4 is 0 Å². The first-order valence-corrected chi connectivity index (χ1v) is 15.8. The third-order valence-electron chi connectivity index (χ3n) is 6.84. The van der Waals surface area contributed by atoms with Crippen molar-refractivity contribution in [3.05, 3.63) is 44.0 Å². The van der Waals surface area contributed by atoms with Crippen molar-refractivity contribution in [3.8, 4) is 0 Å². The van der Waals surface area contributed by atoms with Gasteiger partial charge in [0.1, 0.15) is 6.07 Å². The van der Waals surface area contributed by atoms with Crippen molar-refractivity contribution >= 4 is 67.2 Å². The highest BCUT2D eigenvalue weighted by Crippen LogP contribution is 2.38. The van der Waals surface area contributed by atoms with Gasteiger partial charge in [0.2, 0.25) is 29.1 Å². The van der Waals surface area contributed by atoms with Gasteiger partial charge in [0.15, 0.2) is 10.5 Å². The summed E-state index contributed by atoms with van der Waals surface area (Å²) in [5, 5.41) is 34.1. The number of likely N-dealkylation sites (tertiary alicyclic amines) is 2. The lowest BCUT2D eigenvalue weighted by Gasteiger charge is -2.42. The number of unbranched alkanes of at least 4 members (excludes halogenated alkanes) is 2. The first-order valence-electron chi connectivity index (χ1n) is 12.8. The molecule has 2 unspecified atom stereocenters. The summed E-state index contributed by atoms with van der Waals surface area (Å²) in [7, 11) is -10.4. The lowest BCUT2D eigenvalue weighted by atomic mass is 9.96. The Kier molecular flexibility index (Phi) is 11.7. The third kappa shape index (κ3) is 8.06. The number of imide groups is 2. The van der Waals surface area contributed by atoms with Crippen molar-refractivity contribution in [1.82, 2.24) is 9.80 Å². The Bertz CT molecular complexity index is 1710. The quantitative estimate of drug-likeness (QED) is 0.0659. The molecule has 4 N–H and O–H groups in total. The van der Waals surface area contributed by atoms with Crippen LogP contribution in [0.5, 0.6) is 0 Å². The van der Waals surface area contributed by atoms with Gasteiger partial charge in [-0.15, -0.1) is 0 Å². The number of hydrogen-bond donors (Lipinski definition) is 4. The van der Waals surface area contributed by atoms with Gasteiger partial charge in [-0.1, -0.05) is 6.42 Å². The number of aliphatic carboxylic acids is 2. The summed E-state index contributed by atoms with van der Waals surface area (Å²) in [4.78, 5) is 91.4. The Balaban J connectivity index is 0.000000476. The molecule has 2 saturated heterocycles. The Labute approximate surface area is 265 Å². The van der Waals surface area contributed by atoms with E-state index in [2.05, 4.69) is 0 Å². The Morgan fingerprint density at radius 2 is 1.19 bits per heavy atom. The van der Waals surface area contributed by atoms with Crippen molar-refractivity contribution in [3.63, 3.8) is 0 Å². The molecule has 2 aliphatic heterocycles. The molecule has 1 aromatic rings. The Morgan fingerprint density at radius 1 is 0.792 bits per heavy atom. The van der Waals surface area contributed by atoms with E-state index in [0.29, 0.717) is 0 Å². The van der Waals surface area contributed by atoms with E-state index in [4.69, 9.17) is 5.11 Å². The molecule has 0 aromatic heterocycles. The second kappa shape index (κ2) is 14.4. The fraction of sp³-hybridized carbons (Fsp3) is 0.455. The smallest absolute Gasteiger partial charge is 0.351 e. The van der Waals surface area contributed by atoms with E-state index < -0.39 is 124 Å². The van der Waals surface area contributed by atoms with Gasteiger partial charge in [0, 0.05) is 18.9 Å². The van der Waals surface area contributed by atoms with Gasteiger partial charge in [0.25, 0.3) is 32.1 Å². The highest BCUT2D eigenvalue weighted by atomic mass is 32.2. The van der Waals surface area contributed by atoms with E-state index in [1.165, 1.54) is 0 Å². The van der Waals surface area contributed by atoms with E-state index in [0.717, 1.165) is 0 Å². The van der Waals surface area contributed by atoms with Gasteiger partial charge in [-0.3, -0.25) is 53.3 Å². The summed E-state index contributed by atoms with van der Waals surface area (Å²) in [6, 6.07) is 0.348. The molecule has 22 nitrogen and oxygen atoms in total.